The van der Waals surface area contributed by atoms with Crippen molar-refractivity contribution in [3.05, 3.63) is 34.3 Å². The molecule has 3 N–H and O–H groups in total. The van der Waals surface area contributed by atoms with Gasteiger partial charge in [-0.1, -0.05) is 11.6 Å². The Bertz CT molecular complexity index is 618. The van der Waals surface area contributed by atoms with E-state index < -0.39 is 17.9 Å². The van der Waals surface area contributed by atoms with Crippen LogP contribution in [0, 0.1) is 12.8 Å². The maximum atomic E-state index is 12.2. The molecule has 0 aliphatic carbocycles. The van der Waals surface area contributed by atoms with Crippen LogP contribution in [0.2, 0.25) is 5.02 Å². The summed E-state index contributed by atoms with van der Waals surface area (Å²) >= 11 is 5.84. The van der Waals surface area contributed by atoms with Gasteiger partial charge in [-0.15, -0.1) is 0 Å². The number of amides is 2. The van der Waals surface area contributed by atoms with Crippen molar-refractivity contribution in [3.63, 3.8) is 0 Å². The second-order valence-corrected chi connectivity index (χ2v) is 5.77. The van der Waals surface area contributed by atoms with Crippen LogP contribution in [0.15, 0.2) is 18.2 Å². The average Bonchev–Trinajstić information content (AvgIpc) is 2.83. The molecule has 0 aromatic heterocycles. The first-order valence-electron chi connectivity index (χ1n) is 6.96. The zero-order valence-electron chi connectivity index (χ0n) is 12.1. The van der Waals surface area contributed by atoms with Crippen LogP contribution in [0.5, 0.6) is 0 Å². The highest BCUT2D eigenvalue weighted by Gasteiger charge is 2.31. The van der Waals surface area contributed by atoms with Crippen molar-refractivity contribution in [2.24, 2.45) is 5.92 Å². The van der Waals surface area contributed by atoms with Crippen LogP contribution in [0.4, 0.5) is 0 Å². The van der Waals surface area contributed by atoms with E-state index in [2.05, 4.69) is 10.6 Å². The second kappa shape index (κ2) is 6.79. The van der Waals surface area contributed by atoms with E-state index >= 15 is 0 Å². The maximum absolute atomic E-state index is 12.2. The molecule has 0 bridgehead atoms. The number of halogens is 1. The van der Waals surface area contributed by atoms with Crippen molar-refractivity contribution in [1.82, 2.24) is 10.6 Å². The Morgan fingerprint density at radius 3 is 2.77 bits per heavy atom. The number of nitrogens with one attached hydrogen (secondary N) is 2. The van der Waals surface area contributed by atoms with Crippen LogP contribution in [0.3, 0.4) is 0 Å². The predicted octanol–water partition coefficient (Wildman–Crippen LogP) is 1.36. The van der Waals surface area contributed by atoms with Gasteiger partial charge in [0, 0.05) is 23.0 Å². The smallest absolute Gasteiger partial charge is 0.326 e. The molecular formula is C15H17ClN2O4. The highest BCUT2D eigenvalue weighted by molar-refractivity contribution is 6.30. The Balaban J connectivity index is 2.08. The van der Waals surface area contributed by atoms with E-state index in [4.69, 9.17) is 11.6 Å². The van der Waals surface area contributed by atoms with Gasteiger partial charge >= 0.3 is 5.97 Å². The first-order valence-corrected chi connectivity index (χ1v) is 7.34. The summed E-state index contributed by atoms with van der Waals surface area (Å²) in [6.07, 6.45) is 0.665. The van der Waals surface area contributed by atoms with Gasteiger partial charge in [0.2, 0.25) is 5.91 Å². The highest BCUT2D eigenvalue weighted by Crippen LogP contribution is 2.18. The molecule has 1 aromatic rings. The minimum absolute atomic E-state index is 0.0829. The number of carboxylic acids is 1. The number of carbonyl (C=O) groups excluding carboxylic acids is 2. The summed E-state index contributed by atoms with van der Waals surface area (Å²) in [5.74, 6) is -2.18. The van der Waals surface area contributed by atoms with Crippen molar-refractivity contribution in [1.29, 1.82) is 0 Å². The van der Waals surface area contributed by atoms with E-state index in [0.717, 1.165) is 0 Å². The minimum Gasteiger partial charge on any atom is -0.480 e. The summed E-state index contributed by atoms with van der Waals surface area (Å²) in [6, 6.07) is 3.66. The molecule has 0 saturated carbocycles. The largest absolute Gasteiger partial charge is 0.480 e. The summed E-state index contributed by atoms with van der Waals surface area (Å²) in [4.78, 5) is 35.1. The second-order valence-electron chi connectivity index (χ2n) is 5.34. The molecular weight excluding hydrogens is 308 g/mol. The van der Waals surface area contributed by atoms with Crippen LogP contribution < -0.4 is 10.6 Å². The third-order valence-electron chi connectivity index (χ3n) is 3.72. The van der Waals surface area contributed by atoms with Gasteiger partial charge in [-0.2, -0.15) is 0 Å². The topological polar surface area (TPSA) is 95.5 Å². The van der Waals surface area contributed by atoms with E-state index in [0.29, 0.717) is 29.1 Å². The zero-order chi connectivity index (χ0) is 16.3. The number of hydrogen-bond donors (Lipinski definition) is 3. The lowest BCUT2D eigenvalue weighted by Gasteiger charge is -2.17. The molecule has 2 atom stereocenters. The zero-order valence-corrected chi connectivity index (χ0v) is 12.8. The van der Waals surface area contributed by atoms with Crippen molar-refractivity contribution in [2.75, 3.05) is 6.54 Å². The molecule has 0 unspecified atom stereocenters. The molecule has 1 saturated heterocycles. The molecule has 0 spiro atoms. The third-order valence-corrected chi connectivity index (χ3v) is 3.95. The number of carboxylic acid groups (broad SMARTS) is 1. The van der Waals surface area contributed by atoms with Gasteiger partial charge < -0.3 is 15.7 Å². The number of aliphatic carboxylic acids is 1. The van der Waals surface area contributed by atoms with Crippen LogP contribution in [-0.4, -0.2) is 35.5 Å². The van der Waals surface area contributed by atoms with E-state index in [9.17, 15) is 19.5 Å². The van der Waals surface area contributed by atoms with Gasteiger partial charge in [-0.05, 0) is 43.5 Å². The lowest BCUT2D eigenvalue weighted by atomic mass is 9.98. The first kappa shape index (κ1) is 16.3. The third kappa shape index (κ3) is 3.76. The molecule has 7 heteroatoms. The number of rotatable bonds is 5. The maximum Gasteiger partial charge on any atom is 0.326 e. The Morgan fingerprint density at radius 1 is 1.50 bits per heavy atom. The summed E-state index contributed by atoms with van der Waals surface area (Å²) in [7, 11) is 0. The van der Waals surface area contributed by atoms with E-state index in [-0.39, 0.29) is 18.2 Å². The normalized spacial score (nSPS) is 18.6. The molecule has 118 valence electrons. The molecule has 2 amide bonds. The quantitative estimate of drug-likeness (QED) is 0.762. The molecule has 0 radical (unpaired) electrons. The molecule has 22 heavy (non-hydrogen) atoms. The van der Waals surface area contributed by atoms with Crippen LogP contribution in [-0.2, 0) is 9.59 Å². The van der Waals surface area contributed by atoms with Gasteiger partial charge in [-0.3, -0.25) is 9.59 Å². The highest BCUT2D eigenvalue weighted by atomic mass is 35.5. The Labute approximate surface area is 132 Å². The minimum atomic E-state index is -1.15. The Kier molecular flexibility index (Phi) is 5.03. The lowest BCUT2D eigenvalue weighted by molar-refractivity contribution is -0.139. The predicted molar refractivity (Wildman–Crippen MR) is 80.8 cm³/mol. The van der Waals surface area contributed by atoms with Crippen LogP contribution in [0.25, 0.3) is 0 Å². The molecule has 1 fully saturated rings. The number of hydrogen-bond acceptors (Lipinski definition) is 3. The summed E-state index contributed by atoms with van der Waals surface area (Å²) in [5.41, 5.74) is 1.03. The van der Waals surface area contributed by atoms with Crippen LogP contribution >= 0.6 is 11.6 Å². The number of benzene rings is 1. The van der Waals surface area contributed by atoms with Gasteiger partial charge in [0.15, 0.2) is 0 Å². The Hall–Kier alpha value is -2.08. The molecule has 1 aromatic carbocycles. The number of aryl methyl sites for hydroxylation is 1. The molecule has 2 rings (SSSR count). The van der Waals surface area contributed by atoms with Crippen LogP contribution in [0.1, 0.15) is 28.8 Å². The lowest BCUT2D eigenvalue weighted by Crippen LogP contribution is -2.43. The summed E-state index contributed by atoms with van der Waals surface area (Å²) < 4.78 is 0. The van der Waals surface area contributed by atoms with E-state index in [1.807, 2.05) is 0 Å². The molecule has 1 aliphatic rings. The Morgan fingerprint density at radius 2 is 2.23 bits per heavy atom. The standard InChI is InChI=1S/C15H17ClN2O4/c1-8-6-10(16)2-3-11(8)14(20)18-12(15(21)22)7-9-4-5-17-13(9)19/h2-3,6,9,12H,4-5,7H2,1H3,(H,17,19)(H,18,20)(H,21,22)/t9-,12-/m0/s1. The van der Waals surface area contributed by atoms with Gasteiger partial charge in [0.25, 0.3) is 5.91 Å². The average molecular weight is 325 g/mol. The molecule has 6 nitrogen and oxygen atoms in total. The van der Waals surface area contributed by atoms with E-state index in [1.54, 1.807) is 25.1 Å². The molecule has 1 aliphatic heterocycles. The van der Waals surface area contributed by atoms with Crippen molar-refractivity contribution >= 4 is 29.4 Å². The van der Waals surface area contributed by atoms with Crippen molar-refractivity contribution in [3.8, 4) is 0 Å². The van der Waals surface area contributed by atoms with Gasteiger partial charge in [0.05, 0.1) is 0 Å². The monoisotopic (exact) mass is 324 g/mol. The number of carbonyl (C=O) groups is 3. The fourth-order valence-corrected chi connectivity index (χ4v) is 2.72. The summed E-state index contributed by atoms with van der Waals surface area (Å²) in [5, 5.41) is 14.9. The first-order chi connectivity index (χ1) is 10.4. The van der Waals surface area contributed by atoms with Gasteiger partial charge in [-0.25, -0.2) is 4.79 Å². The fraction of sp³-hybridized carbons (Fsp3) is 0.400. The van der Waals surface area contributed by atoms with Gasteiger partial charge in [0.1, 0.15) is 6.04 Å². The van der Waals surface area contributed by atoms with E-state index in [1.165, 1.54) is 0 Å². The fourth-order valence-electron chi connectivity index (χ4n) is 2.49. The SMILES string of the molecule is Cc1cc(Cl)ccc1C(=O)N[C@@H](C[C@@H]1CCNC1=O)C(=O)O. The van der Waals surface area contributed by atoms with Crippen molar-refractivity contribution < 1.29 is 19.5 Å². The van der Waals surface area contributed by atoms with Crippen molar-refractivity contribution in [2.45, 2.75) is 25.8 Å². The summed E-state index contributed by atoms with van der Waals surface area (Å²) in [6.45, 7) is 2.26. The molecule has 1 heterocycles.